The molecule has 1 aromatic carbocycles. The molecule has 146 valence electrons. The van der Waals surface area contributed by atoms with Crippen molar-refractivity contribution in [1.29, 1.82) is 0 Å². The number of benzene rings is 1. The number of nitrogens with one attached hydrogen (secondary N) is 1. The van der Waals surface area contributed by atoms with Gasteiger partial charge in [-0.1, -0.05) is 55.9 Å². The number of aromatic amines is 1. The number of hydrogen-bond acceptors (Lipinski definition) is 6. The molecule has 0 radical (unpaired) electrons. The first-order valence-corrected chi connectivity index (χ1v) is 11.8. The second-order valence-corrected chi connectivity index (χ2v) is 10.3. The highest BCUT2D eigenvalue weighted by molar-refractivity contribution is 7.99. The van der Waals surface area contributed by atoms with Crippen molar-refractivity contribution in [2.75, 3.05) is 23.8 Å². The molecule has 3 rings (SSSR count). The summed E-state index contributed by atoms with van der Waals surface area (Å²) in [5.41, 5.74) is 0.931. The van der Waals surface area contributed by atoms with Crippen LogP contribution in [0.5, 0.6) is 0 Å². The third-order valence-corrected chi connectivity index (χ3v) is 6.95. The van der Waals surface area contributed by atoms with E-state index in [4.69, 9.17) is 0 Å². The van der Waals surface area contributed by atoms with Gasteiger partial charge in [0.15, 0.2) is 15.7 Å². The van der Waals surface area contributed by atoms with E-state index in [2.05, 4.69) is 15.2 Å². The number of rotatable bonds is 7. The van der Waals surface area contributed by atoms with Crippen LogP contribution in [0.15, 0.2) is 35.5 Å². The molecule has 1 saturated heterocycles. The summed E-state index contributed by atoms with van der Waals surface area (Å²) < 4.78 is 23.6. The zero-order chi connectivity index (χ0) is 19.4. The minimum atomic E-state index is -3.03. The van der Waals surface area contributed by atoms with Gasteiger partial charge in [0, 0.05) is 18.2 Å². The second-order valence-electron chi connectivity index (χ2n) is 7.12. The number of carbonyl (C=O) groups is 1. The van der Waals surface area contributed by atoms with Crippen molar-refractivity contribution in [2.24, 2.45) is 5.92 Å². The number of thioether (sulfide) groups is 1. The molecule has 7 nitrogen and oxygen atoms in total. The molecule has 0 spiro atoms. The molecular weight excluding hydrogens is 384 g/mol. The Morgan fingerprint density at radius 2 is 2.07 bits per heavy atom. The van der Waals surface area contributed by atoms with E-state index in [9.17, 15) is 13.2 Å². The van der Waals surface area contributed by atoms with Crippen LogP contribution in [-0.4, -0.2) is 64.3 Å². The highest BCUT2D eigenvalue weighted by Crippen LogP contribution is 2.23. The van der Waals surface area contributed by atoms with Crippen molar-refractivity contribution in [3.05, 3.63) is 30.3 Å². The number of carbonyl (C=O) groups excluding carboxylic acids is 1. The molecule has 0 aliphatic carbocycles. The highest BCUT2D eigenvalue weighted by Gasteiger charge is 2.34. The van der Waals surface area contributed by atoms with Gasteiger partial charge >= 0.3 is 0 Å². The minimum Gasteiger partial charge on any atom is -0.338 e. The van der Waals surface area contributed by atoms with Crippen molar-refractivity contribution >= 4 is 27.5 Å². The predicted molar refractivity (Wildman–Crippen MR) is 106 cm³/mol. The van der Waals surface area contributed by atoms with E-state index >= 15 is 0 Å². The number of amides is 1. The fourth-order valence-corrected chi connectivity index (χ4v) is 5.53. The average molecular weight is 409 g/mol. The lowest BCUT2D eigenvalue weighted by molar-refractivity contribution is -0.130. The van der Waals surface area contributed by atoms with Gasteiger partial charge in [-0.25, -0.2) is 13.4 Å². The Hall–Kier alpha value is -1.87. The van der Waals surface area contributed by atoms with Crippen molar-refractivity contribution in [3.8, 4) is 11.4 Å². The molecule has 2 aromatic rings. The van der Waals surface area contributed by atoms with E-state index in [0.717, 1.165) is 5.56 Å². The first-order chi connectivity index (χ1) is 12.8. The molecule has 1 aliphatic rings. The standard InChI is InChI=1S/C18H24N4O3S2/c1-13(2)10-22(15-8-9-27(24,25)12-15)16(23)11-26-18-19-17(20-21-18)14-6-4-3-5-7-14/h3-7,13,15H,8-12H2,1-2H3,(H,19,20,21)/t15-/m1/s1. The maximum Gasteiger partial charge on any atom is 0.233 e. The number of hydrogen-bond donors (Lipinski definition) is 1. The molecule has 27 heavy (non-hydrogen) atoms. The fraction of sp³-hybridized carbons (Fsp3) is 0.500. The molecule has 1 N–H and O–H groups in total. The summed E-state index contributed by atoms with van der Waals surface area (Å²) in [4.78, 5) is 18.9. The Balaban J connectivity index is 1.63. The summed E-state index contributed by atoms with van der Waals surface area (Å²) in [6.07, 6.45) is 0.518. The Kier molecular flexibility index (Phi) is 6.21. The summed E-state index contributed by atoms with van der Waals surface area (Å²) in [6.45, 7) is 4.61. The van der Waals surface area contributed by atoms with Crippen LogP contribution < -0.4 is 0 Å². The van der Waals surface area contributed by atoms with Crippen LogP contribution >= 0.6 is 11.8 Å². The zero-order valence-electron chi connectivity index (χ0n) is 15.5. The SMILES string of the molecule is CC(C)CN(C(=O)CSc1n[nH]c(-c2ccccc2)n1)[C@@H]1CCS(=O)(=O)C1. The molecule has 0 unspecified atom stereocenters. The van der Waals surface area contributed by atoms with E-state index in [1.54, 1.807) is 4.90 Å². The van der Waals surface area contributed by atoms with Gasteiger partial charge in [0.1, 0.15) is 0 Å². The van der Waals surface area contributed by atoms with E-state index in [1.165, 1.54) is 11.8 Å². The van der Waals surface area contributed by atoms with Crippen LogP contribution in [0.3, 0.4) is 0 Å². The average Bonchev–Trinajstić information content (AvgIpc) is 3.24. The first kappa shape index (κ1) is 19.9. The zero-order valence-corrected chi connectivity index (χ0v) is 17.1. The molecule has 9 heteroatoms. The quantitative estimate of drug-likeness (QED) is 0.706. The molecule has 2 heterocycles. The lowest BCUT2D eigenvalue weighted by Crippen LogP contribution is -2.44. The van der Waals surface area contributed by atoms with E-state index in [-0.39, 0.29) is 35.1 Å². The molecule has 1 aromatic heterocycles. The van der Waals surface area contributed by atoms with Crippen LogP contribution in [0.2, 0.25) is 0 Å². The maximum atomic E-state index is 12.8. The molecule has 1 amide bonds. The van der Waals surface area contributed by atoms with Crippen molar-refractivity contribution in [2.45, 2.75) is 31.5 Å². The van der Waals surface area contributed by atoms with Crippen molar-refractivity contribution in [3.63, 3.8) is 0 Å². The fourth-order valence-electron chi connectivity index (χ4n) is 3.11. The maximum absolute atomic E-state index is 12.8. The number of nitrogens with zero attached hydrogens (tertiary/aromatic N) is 3. The van der Waals surface area contributed by atoms with Crippen LogP contribution in [0.25, 0.3) is 11.4 Å². The molecule has 1 aliphatic heterocycles. The Labute approximate surface area is 163 Å². The Bertz CT molecular complexity index is 881. The number of H-pyrrole nitrogens is 1. The topological polar surface area (TPSA) is 96.0 Å². The molecular formula is C18H24N4O3S2. The Morgan fingerprint density at radius 3 is 2.70 bits per heavy atom. The molecule has 0 saturated carbocycles. The van der Waals surface area contributed by atoms with Crippen LogP contribution in [0.1, 0.15) is 20.3 Å². The van der Waals surface area contributed by atoms with E-state index in [0.29, 0.717) is 23.9 Å². The van der Waals surface area contributed by atoms with Gasteiger partial charge in [-0.2, -0.15) is 0 Å². The van der Waals surface area contributed by atoms with Gasteiger partial charge in [0.2, 0.25) is 11.1 Å². The minimum absolute atomic E-state index is 0.0644. The van der Waals surface area contributed by atoms with Gasteiger partial charge in [-0.15, -0.1) is 5.10 Å². The highest BCUT2D eigenvalue weighted by atomic mass is 32.2. The van der Waals surface area contributed by atoms with Crippen molar-refractivity contribution in [1.82, 2.24) is 20.1 Å². The monoisotopic (exact) mass is 408 g/mol. The summed E-state index contributed by atoms with van der Waals surface area (Å²) >= 11 is 1.26. The van der Waals surface area contributed by atoms with Crippen molar-refractivity contribution < 1.29 is 13.2 Å². The normalized spacial score (nSPS) is 18.7. The van der Waals surface area contributed by atoms with Crippen LogP contribution in [0.4, 0.5) is 0 Å². The van der Waals surface area contributed by atoms with Gasteiger partial charge in [-0.3, -0.25) is 9.89 Å². The first-order valence-electron chi connectivity index (χ1n) is 8.94. The second kappa shape index (κ2) is 8.43. The summed E-state index contributed by atoms with van der Waals surface area (Å²) in [5, 5.41) is 7.56. The lowest BCUT2D eigenvalue weighted by Gasteiger charge is -2.29. The van der Waals surface area contributed by atoms with Crippen LogP contribution in [0, 0.1) is 5.92 Å². The van der Waals surface area contributed by atoms with E-state index < -0.39 is 9.84 Å². The summed E-state index contributed by atoms with van der Waals surface area (Å²) in [5.74, 6) is 1.28. The Morgan fingerprint density at radius 1 is 1.33 bits per heavy atom. The number of sulfone groups is 1. The van der Waals surface area contributed by atoms with Crippen LogP contribution in [-0.2, 0) is 14.6 Å². The largest absolute Gasteiger partial charge is 0.338 e. The van der Waals surface area contributed by atoms with Gasteiger partial charge < -0.3 is 4.90 Å². The van der Waals surface area contributed by atoms with Gasteiger partial charge in [-0.05, 0) is 12.3 Å². The summed E-state index contributed by atoms with van der Waals surface area (Å²) in [7, 11) is -3.03. The molecule has 0 bridgehead atoms. The number of aromatic nitrogens is 3. The smallest absolute Gasteiger partial charge is 0.233 e. The lowest BCUT2D eigenvalue weighted by atomic mass is 10.1. The third-order valence-electron chi connectivity index (χ3n) is 4.37. The third kappa shape index (κ3) is 5.32. The predicted octanol–water partition coefficient (Wildman–Crippen LogP) is 2.24. The van der Waals surface area contributed by atoms with Gasteiger partial charge in [0.25, 0.3) is 0 Å². The molecule has 1 atom stereocenters. The molecule has 1 fully saturated rings. The van der Waals surface area contributed by atoms with Gasteiger partial charge in [0.05, 0.1) is 17.3 Å². The summed E-state index contributed by atoms with van der Waals surface area (Å²) in [6, 6.07) is 9.43. The van der Waals surface area contributed by atoms with E-state index in [1.807, 2.05) is 44.2 Å².